The van der Waals surface area contributed by atoms with E-state index in [1.54, 1.807) is 0 Å². The Morgan fingerprint density at radius 3 is 2.83 bits per heavy atom. The summed E-state index contributed by atoms with van der Waals surface area (Å²) in [6.07, 6.45) is 3.17. The summed E-state index contributed by atoms with van der Waals surface area (Å²) in [5, 5.41) is 16.9. The van der Waals surface area contributed by atoms with Crippen LogP contribution in [0.1, 0.15) is 65.0 Å². The van der Waals surface area contributed by atoms with Gasteiger partial charge >= 0.3 is 0 Å². The molecule has 1 saturated heterocycles. The molecular formula is C23H38N4O3. The summed E-state index contributed by atoms with van der Waals surface area (Å²) in [7, 11) is 0. The van der Waals surface area contributed by atoms with Gasteiger partial charge in [-0.3, -0.25) is 9.79 Å². The normalized spacial score (nSPS) is 18.3. The van der Waals surface area contributed by atoms with Gasteiger partial charge in [0.2, 0.25) is 5.91 Å². The predicted octanol–water partition coefficient (Wildman–Crippen LogP) is 2.85. The number of hydrogen-bond acceptors (Lipinski definition) is 4. The van der Waals surface area contributed by atoms with Crippen molar-refractivity contribution >= 4 is 11.9 Å². The first-order valence-electron chi connectivity index (χ1n) is 11.2. The monoisotopic (exact) mass is 418 g/mol. The number of ether oxygens (including phenoxy) is 1. The number of rotatable bonds is 9. The number of carbonyl (C=O) groups is 1. The number of carbonyl (C=O) groups excluding carboxylic acids is 1. The van der Waals surface area contributed by atoms with Crippen LogP contribution in [0.3, 0.4) is 0 Å². The largest absolute Gasteiger partial charge is 0.491 e. The van der Waals surface area contributed by atoms with Crippen LogP contribution < -0.4 is 15.4 Å². The number of benzene rings is 1. The van der Waals surface area contributed by atoms with Crippen molar-refractivity contribution in [2.45, 2.75) is 71.6 Å². The summed E-state index contributed by atoms with van der Waals surface area (Å²) in [6.45, 7) is 10.4. The minimum absolute atomic E-state index is 0.0793. The van der Waals surface area contributed by atoms with E-state index in [1.165, 1.54) is 6.42 Å². The summed E-state index contributed by atoms with van der Waals surface area (Å²) in [4.78, 5) is 19.0. The van der Waals surface area contributed by atoms with Gasteiger partial charge in [-0.2, -0.15) is 0 Å². The van der Waals surface area contributed by atoms with E-state index in [0.29, 0.717) is 31.5 Å². The lowest BCUT2D eigenvalue weighted by molar-refractivity contribution is -0.134. The highest BCUT2D eigenvalue weighted by molar-refractivity contribution is 5.81. The molecule has 7 nitrogen and oxygen atoms in total. The van der Waals surface area contributed by atoms with Crippen molar-refractivity contribution in [3.05, 3.63) is 29.8 Å². The van der Waals surface area contributed by atoms with Crippen LogP contribution in [-0.2, 0) is 4.79 Å². The molecule has 1 amide bonds. The van der Waals surface area contributed by atoms with E-state index in [0.717, 1.165) is 30.7 Å². The Hall–Kier alpha value is -2.28. The summed E-state index contributed by atoms with van der Waals surface area (Å²) in [5.74, 6) is 1.53. The van der Waals surface area contributed by atoms with E-state index in [9.17, 15) is 9.90 Å². The zero-order valence-electron chi connectivity index (χ0n) is 18.9. The molecule has 1 aliphatic heterocycles. The zero-order chi connectivity index (χ0) is 21.9. The molecule has 1 fully saturated rings. The fraction of sp³-hybridized carbons (Fsp3) is 0.652. The van der Waals surface area contributed by atoms with Gasteiger partial charge in [0.05, 0.1) is 18.8 Å². The number of aliphatic imine (C=N–C) groups is 1. The molecule has 7 heteroatoms. The number of guanidine groups is 1. The number of hydrogen-bond donors (Lipinski definition) is 3. The SMILES string of the molecule is CCNC(=NCC(O)c1cccc(OC(C)C)c1)NCCC(=O)N1CCCCC1C. The molecule has 0 saturated carbocycles. The van der Waals surface area contributed by atoms with Crippen LogP contribution in [0, 0.1) is 0 Å². The molecule has 0 aliphatic carbocycles. The van der Waals surface area contributed by atoms with E-state index in [1.807, 2.05) is 49.9 Å². The Kier molecular flexibility index (Phi) is 9.94. The summed E-state index contributed by atoms with van der Waals surface area (Å²) in [6, 6.07) is 7.80. The molecule has 1 aromatic carbocycles. The maximum Gasteiger partial charge on any atom is 0.224 e. The van der Waals surface area contributed by atoms with Gasteiger partial charge in [-0.1, -0.05) is 12.1 Å². The number of nitrogens with one attached hydrogen (secondary N) is 2. The Morgan fingerprint density at radius 2 is 2.13 bits per heavy atom. The Morgan fingerprint density at radius 1 is 1.33 bits per heavy atom. The molecule has 168 valence electrons. The minimum atomic E-state index is -0.730. The average molecular weight is 419 g/mol. The molecule has 0 radical (unpaired) electrons. The third-order valence-electron chi connectivity index (χ3n) is 5.14. The van der Waals surface area contributed by atoms with Crippen LogP contribution >= 0.6 is 0 Å². The van der Waals surface area contributed by atoms with Gasteiger partial charge in [-0.25, -0.2) is 0 Å². The van der Waals surface area contributed by atoms with Crippen LogP contribution in [0.25, 0.3) is 0 Å². The van der Waals surface area contributed by atoms with Crippen molar-refractivity contribution in [3.63, 3.8) is 0 Å². The van der Waals surface area contributed by atoms with Crippen molar-refractivity contribution in [1.82, 2.24) is 15.5 Å². The average Bonchev–Trinajstić information content (AvgIpc) is 2.71. The second-order valence-electron chi connectivity index (χ2n) is 8.08. The second kappa shape index (κ2) is 12.4. The van der Waals surface area contributed by atoms with E-state index in [-0.39, 0.29) is 18.6 Å². The molecule has 1 heterocycles. The number of likely N-dealkylation sites (tertiary alicyclic amines) is 1. The zero-order valence-corrected chi connectivity index (χ0v) is 18.9. The molecule has 2 unspecified atom stereocenters. The maximum absolute atomic E-state index is 12.5. The molecule has 1 aliphatic rings. The highest BCUT2D eigenvalue weighted by Gasteiger charge is 2.22. The number of aliphatic hydroxyl groups excluding tert-OH is 1. The lowest BCUT2D eigenvalue weighted by Gasteiger charge is -2.33. The minimum Gasteiger partial charge on any atom is -0.491 e. The lowest BCUT2D eigenvalue weighted by atomic mass is 10.0. The van der Waals surface area contributed by atoms with Crippen molar-refractivity contribution in [2.75, 3.05) is 26.2 Å². The van der Waals surface area contributed by atoms with Crippen LogP contribution in [0.15, 0.2) is 29.3 Å². The number of nitrogens with zero attached hydrogens (tertiary/aromatic N) is 2. The molecule has 0 bridgehead atoms. The van der Waals surface area contributed by atoms with E-state index >= 15 is 0 Å². The predicted molar refractivity (Wildman–Crippen MR) is 121 cm³/mol. The molecule has 2 rings (SSSR count). The van der Waals surface area contributed by atoms with Gasteiger partial charge in [0.15, 0.2) is 5.96 Å². The van der Waals surface area contributed by atoms with Crippen molar-refractivity contribution in [2.24, 2.45) is 4.99 Å². The standard InChI is InChI=1S/C23H38N4O3/c1-5-24-23(25-13-12-22(29)27-14-7-6-9-18(27)4)26-16-21(28)19-10-8-11-20(15-19)30-17(2)3/h8,10-11,15,17-18,21,28H,5-7,9,12-14,16H2,1-4H3,(H2,24,25,26). The second-order valence-corrected chi connectivity index (χ2v) is 8.08. The first-order valence-corrected chi connectivity index (χ1v) is 11.2. The van der Waals surface area contributed by atoms with Gasteiger partial charge in [-0.15, -0.1) is 0 Å². The quantitative estimate of drug-likeness (QED) is 0.424. The van der Waals surface area contributed by atoms with E-state index < -0.39 is 6.10 Å². The molecule has 2 atom stereocenters. The van der Waals surface area contributed by atoms with Gasteiger partial charge < -0.3 is 25.4 Å². The van der Waals surface area contributed by atoms with Crippen molar-refractivity contribution in [1.29, 1.82) is 0 Å². The number of amides is 1. The van der Waals surface area contributed by atoms with Crippen LogP contribution in [-0.4, -0.2) is 60.2 Å². The first kappa shape index (κ1) is 24.0. The third-order valence-corrected chi connectivity index (χ3v) is 5.14. The van der Waals surface area contributed by atoms with Crippen molar-refractivity contribution in [3.8, 4) is 5.75 Å². The Bertz CT molecular complexity index is 693. The molecule has 1 aromatic rings. The van der Waals surface area contributed by atoms with Gasteiger partial charge in [0.1, 0.15) is 5.75 Å². The number of aliphatic hydroxyl groups is 1. The topological polar surface area (TPSA) is 86.2 Å². The third kappa shape index (κ3) is 7.86. The first-order chi connectivity index (χ1) is 14.4. The summed E-state index contributed by atoms with van der Waals surface area (Å²) >= 11 is 0. The highest BCUT2D eigenvalue weighted by Crippen LogP contribution is 2.20. The number of piperidine rings is 1. The van der Waals surface area contributed by atoms with Crippen LogP contribution in [0.2, 0.25) is 0 Å². The van der Waals surface area contributed by atoms with Gasteiger partial charge in [-0.05, 0) is 64.7 Å². The van der Waals surface area contributed by atoms with Crippen molar-refractivity contribution < 1.29 is 14.6 Å². The van der Waals surface area contributed by atoms with Gasteiger partial charge in [0, 0.05) is 32.1 Å². The Labute approximate surface area is 180 Å². The highest BCUT2D eigenvalue weighted by atomic mass is 16.5. The van der Waals surface area contributed by atoms with E-state index in [2.05, 4.69) is 22.5 Å². The molecule has 3 N–H and O–H groups in total. The molecule has 0 aromatic heterocycles. The maximum atomic E-state index is 12.5. The molecular weight excluding hydrogens is 380 g/mol. The van der Waals surface area contributed by atoms with Gasteiger partial charge in [0.25, 0.3) is 0 Å². The van der Waals surface area contributed by atoms with Crippen LogP contribution in [0.5, 0.6) is 5.75 Å². The summed E-state index contributed by atoms with van der Waals surface area (Å²) < 4.78 is 5.69. The summed E-state index contributed by atoms with van der Waals surface area (Å²) in [5.41, 5.74) is 0.766. The molecule has 30 heavy (non-hydrogen) atoms. The fourth-order valence-electron chi connectivity index (χ4n) is 3.59. The molecule has 0 spiro atoms. The Balaban J connectivity index is 1.86. The fourth-order valence-corrected chi connectivity index (χ4v) is 3.59. The van der Waals surface area contributed by atoms with E-state index in [4.69, 9.17) is 4.74 Å². The lowest BCUT2D eigenvalue weighted by Crippen LogP contribution is -2.44. The van der Waals surface area contributed by atoms with Crippen LogP contribution in [0.4, 0.5) is 0 Å². The smallest absolute Gasteiger partial charge is 0.224 e.